The number of benzene rings is 1. The van der Waals surface area contributed by atoms with E-state index in [1.54, 1.807) is 0 Å². The van der Waals surface area contributed by atoms with Crippen molar-refractivity contribution in [1.29, 1.82) is 0 Å². The molecule has 1 atom stereocenters. The van der Waals surface area contributed by atoms with Crippen LogP contribution in [0, 0.1) is 16.0 Å². The van der Waals surface area contributed by atoms with E-state index in [1.165, 1.54) is 19.2 Å². The van der Waals surface area contributed by atoms with Crippen LogP contribution in [0.3, 0.4) is 0 Å². The highest BCUT2D eigenvalue weighted by molar-refractivity contribution is 5.98. The van der Waals surface area contributed by atoms with E-state index in [2.05, 4.69) is 10.1 Å². The fourth-order valence-corrected chi connectivity index (χ4v) is 3.15. The average Bonchev–Trinajstić information content (AvgIpc) is 2.76. The van der Waals surface area contributed by atoms with E-state index < -0.39 is 35.4 Å². The summed E-state index contributed by atoms with van der Waals surface area (Å²) in [6.45, 7) is 5.06. The number of nitro groups is 1. The molecule has 1 aromatic carbocycles. The standard InChI is InChI=1S/C20H27N3O8/c1-13(2)10-16(20(26)29-3)21-18(24)12-31-19(25)15-11-14(23(27)28)4-5-17(15)22-6-8-30-9-7-22/h4-5,11,13,16H,6-10,12H2,1-3H3,(H,21,24). The summed E-state index contributed by atoms with van der Waals surface area (Å²) < 4.78 is 15.1. The van der Waals surface area contributed by atoms with Gasteiger partial charge in [0, 0.05) is 25.2 Å². The molecule has 0 radical (unpaired) electrons. The predicted molar refractivity (Wildman–Crippen MR) is 110 cm³/mol. The summed E-state index contributed by atoms with van der Waals surface area (Å²) in [6, 6.07) is 3.05. The molecule has 1 aliphatic rings. The molecule has 1 amide bonds. The van der Waals surface area contributed by atoms with Crippen LogP contribution in [0.2, 0.25) is 0 Å². The molecule has 1 N–H and O–H groups in total. The Labute approximate surface area is 179 Å². The molecule has 1 aliphatic heterocycles. The Morgan fingerprint density at radius 2 is 1.94 bits per heavy atom. The highest BCUT2D eigenvalue weighted by Crippen LogP contribution is 2.27. The van der Waals surface area contributed by atoms with E-state index >= 15 is 0 Å². The molecule has 0 aliphatic carbocycles. The number of nitro benzene ring substituents is 1. The number of amides is 1. The van der Waals surface area contributed by atoms with Gasteiger partial charge in [-0.25, -0.2) is 9.59 Å². The first-order chi connectivity index (χ1) is 14.7. The fourth-order valence-electron chi connectivity index (χ4n) is 3.15. The number of esters is 2. The van der Waals surface area contributed by atoms with Crippen LogP contribution in [-0.2, 0) is 23.8 Å². The van der Waals surface area contributed by atoms with Crippen LogP contribution >= 0.6 is 0 Å². The largest absolute Gasteiger partial charge is 0.467 e. The van der Waals surface area contributed by atoms with Crippen molar-refractivity contribution in [2.75, 3.05) is 44.9 Å². The lowest BCUT2D eigenvalue weighted by molar-refractivity contribution is -0.384. The summed E-state index contributed by atoms with van der Waals surface area (Å²) in [4.78, 5) is 49.1. The van der Waals surface area contributed by atoms with Gasteiger partial charge in [0.2, 0.25) is 0 Å². The number of carbonyl (C=O) groups excluding carboxylic acids is 3. The molecular formula is C20H27N3O8. The molecule has 11 nitrogen and oxygen atoms in total. The molecule has 1 aromatic rings. The van der Waals surface area contributed by atoms with Gasteiger partial charge in [-0.3, -0.25) is 14.9 Å². The smallest absolute Gasteiger partial charge is 0.341 e. The summed E-state index contributed by atoms with van der Waals surface area (Å²) in [5.41, 5.74) is 0.179. The van der Waals surface area contributed by atoms with E-state index in [9.17, 15) is 24.5 Å². The number of carbonyl (C=O) groups is 3. The zero-order chi connectivity index (χ0) is 23.0. The predicted octanol–water partition coefficient (Wildman–Crippen LogP) is 1.29. The van der Waals surface area contributed by atoms with Gasteiger partial charge in [-0.2, -0.15) is 0 Å². The SMILES string of the molecule is COC(=O)C(CC(C)C)NC(=O)COC(=O)c1cc([N+](=O)[O-])ccc1N1CCOCC1. The maximum absolute atomic E-state index is 12.7. The van der Waals surface area contributed by atoms with Crippen LogP contribution in [0.15, 0.2) is 18.2 Å². The van der Waals surface area contributed by atoms with Crippen molar-refractivity contribution < 1.29 is 33.5 Å². The second-order valence-electron chi connectivity index (χ2n) is 7.41. The van der Waals surface area contributed by atoms with Gasteiger partial charge < -0.3 is 24.4 Å². The normalized spacial score (nSPS) is 14.6. The molecule has 2 rings (SSSR count). The Hall–Kier alpha value is -3.21. The van der Waals surface area contributed by atoms with Crippen molar-refractivity contribution >= 4 is 29.2 Å². The molecule has 1 unspecified atom stereocenters. The van der Waals surface area contributed by atoms with Crippen molar-refractivity contribution in [3.8, 4) is 0 Å². The number of morpholine rings is 1. The zero-order valence-electron chi connectivity index (χ0n) is 17.8. The topological polar surface area (TPSA) is 137 Å². The van der Waals surface area contributed by atoms with E-state index in [1.807, 2.05) is 18.7 Å². The Morgan fingerprint density at radius 3 is 2.52 bits per heavy atom. The Kier molecular flexibility index (Phi) is 8.74. The van der Waals surface area contributed by atoms with Crippen molar-refractivity contribution in [1.82, 2.24) is 5.32 Å². The first-order valence-corrected chi connectivity index (χ1v) is 9.88. The third kappa shape index (κ3) is 6.92. The maximum Gasteiger partial charge on any atom is 0.341 e. The van der Waals surface area contributed by atoms with Gasteiger partial charge in [0.15, 0.2) is 6.61 Å². The molecular weight excluding hydrogens is 410 g/mol. The average molecular weight is 437 g/mol. The van der Waals surface area contributed by atoms with E-state index in [0.29, 0.717) is 38.4 Å². The number of hydrogen-bond acceptors (Lipinski definition) is 9. The number of rotatable bonds is 9. The molecule has 1 fully saturated rings. The second-order valence-corrected chi connectivity index (χ2v) is 7.41. The lowest BCUT2D eigenvalue weighted by Crippen LogP contribution is -2.44. The molecule has 0 saturated carbocycles. The van der Waals surface area contributed by atoms with Gasteiger partial charge in [-0.15, -0.1) is 0 Å². The molecule has 1 saturated heterocycles. The highest BCUT2D eigenvalue weighted by Gasteiger charge is 2.26. The number of nitrogens with one attached hydrogen (secondary N) is 1. The number of anilines is 1. The van der Waals surface area contributed by atoms with Crippen LogP contribution in [0.1, 0.15) is 30.6 Å². The van der Waals surface area contributed by atoms with Crippen LogP contribution < -0.4 is 10.2 Å². The monoisotopic (exact) mass is 437 g/mol. The lowest BCUT2D eigenvalue weighted by atomic mass is 10.0. The van der Waals surface area contributed by atoms with Crippen molar-refractivity contribution in [3.05, 3.63) is 33.9 Å². The number of nitrogens with zero attached hydrogens (tertiary/aromatic N) is 2. The van der Waals surface area contributed by atoms with Gasteiger partial charge in [-0.05, 0) is 18.4 Å². The molecule has 1 heterocycles. The third-order valence-corrected chi connectivity index (χ3v) is 4.63. The van der Waals surface area contributed by atoms with Crippen molar-refractivity contribution in [2.24, 2.45) is 5.92 Å². The van der Waals surface area contributed by atoms with Gasteiger partial charge in [0.05, 0.1) is 36.5 Å². The Bertz CT molecular complexity index is 821. The summed E-state index contributed by atoms with van der Waals surface area (Å²) >= 11 is 0. The number of hydrogen-bond donors (Lipinski definition) is 1. The minimum Gasteiger partial charge on any atom is -0.467 e. The van der Waals surface area contributed by atoms with E-state index in [0.717, 1.165) is 6.07 Å². The summed E-state index contributed by atoms with van der Waals surface area (Å²) in [7, 11) is 1.22. The minimum atomic E-state index is -0.876. The van der Waals surface area contributed by atoms with Crippen LogP contribution in [0.5, 0.6) is 0 Å². The molecule has 0 spiro atoms. The Balaban J connectivity index is 2.10. The number of non-ortho nitro benzene ring substituents is 1. The minimum absolute atomic E-state index is 0.0180. The number of methoxy groups -OCH3 is 1. The van der Waals surface area contributed by atoms with Gasteiger partial charge in [0.1, 0.15) is 6.04 Å². The van der Waals surface area contributed by atoms with Crippen LogP contribution in [-0.4, -0.2) is 68.8 Å². The molecule has 0 aromatic heterocycles. The van der Waals surface area contributed by atoms with E-state index in [-0.39, 0.29) is 17.2 Å². The lowest BCUT2D eigenvalue weighted by Gasteiger charge is -2.30. The molecule has 31 heavy (non-hydrogen) atoms. The van der Waals surface area contributed by atoms with Gasteiger partial charge >= 0.3 is 11.9 Å². The molecule has 11 heteroatoms. The summed E-state index contributed by atoms with van der Waals surface area (Å²) in [5.74, 6) is -2.03. The molecule has 170 valence electrons. The maximum atomic E-state index is 12.7. The third-order valence-electron chi connectivity index (χ3n) is 4.63. The first kappa shape index (κ1) is 24.1. The quantitative estimate of drug-likeness (QED) is 0.344. The highest BCUT2D eigenvalue weighted by atomic mass is 16.6. The first-order valence-electron chi connectivity index (χ1n) is 9.88. The van der Waals surface area contributed by atoms with E-state index in [4.69, 9.17) is 9.47 Å². The van der Waals surface area contributed by atoms with Crippen molar-refractivity contribution in [2.45, 2.75) is 26.3 Å². The zero-order valence-corrected chi connectivity index (χ0v) is 17.8. The van der Waals surface area contributed by atoms with Crippen molar-refractivity contribution in [3.63, 3.8) is 0 Å². The second kappa shape index (κ2) is 11.3. The number of ether oxygens (including phenoxy) is 3. The fraction of sp³-hybridized carbons (Fsp3) is 0.550. The Morgan fingerprint density at radius 1 is 1.26 bits per heavy atom. The summed E-state index contributed by atoms with van der Waals surface area (Å²) in [5, 5.41) is 13.6. The van der Waals surface area contributed by atoms with Crippen LogP contribution in [0.4, 0.5) is 11.4 Å². The molecule has 0 bridgehead atoms. The van der Waals surface area contributed by atoms with Gasteiger partial charge in [-0.1, -0.05) is 13.8 Å². The van der Waals surface area contributed by atoms with Crippen LogP contribution in [0.25, 0.3) is 0 Å². The van der Waals surface area contributed by atoms with Gasteiger partial charge in [0.25, 0.3) is 11.6 Å². The summed E-state index contributed by atoms with van der Waals surface area (Å²) in [6.07, 6.45) is 0.360.